The highest BCUT2D eigenvalue weighted by atomic mass is 16.4. The van der Waals surface area contributed by atoms with Crippen molar-refractivity contribution in [2.75, 3.05) is 0 Å². The first-order valence-corrected chi connectivity index (χ1v) is 5.34. The maximum absolute atomic E-state index is 11.6. The normalized spacial score (nSPS) is 10.7. The molecule has 0 spiro atoms. The molecule has 0 saturated heterocycles. The Bertz CT molecular complexity index is 652. The van der Waals surface area contributed by atoms with Crippen LogP contribution in [0.15, 0.2) is 27.4 Å². The Morgan fingerprint density at radius 2 is 2.12 bits per heavy atom. The molecule has 0 atom stereocenters. The largest absolute Gasteiger partial charge is 0.506 e. The number of aromatic hydroxyl groups is 1. The number of carbonyl (C=O) groups is 1. The Morgan fingerprint density at radius 1 is 1.41 bits per heavy atom. The Labute approximate surface area is 97.5 Å². The number of hydrogen-bond acceptors (Lipinski definition) is 4. The number of hydrogen-bond donors (Lipinski definition) is 1. The third-order valence-electron chi connectivity index (χ3n) is 2.70. The highest BCUT2D eigenvalue weighted by Gasteiger charge is 2.15. The summed E-state index contributed by atoms with van der Waals surface area (Å²) in [6.45, 7) is 3.42. The van der Waals surface area contributed by atoms with Crippen molar-refractivity contribution in [1.82, 2.24) is 0 Å². The zero-order chi connectivity index (χ0) is 12.6. The van der Waals surface area contributed by atoms with Gasteiger partial charge >= 0.3 is 5.63 Å². The third-order valence-corrected chi connectivity index (χ3v) is 2.70. The molecule has 88 valence electrons. The molecule has 2 aromatic rings. The zero-order valence-corrected chi connectivity index (χ0v) is 9.61. The fourth-order valence-corrected chi connectivity index (χ4v) is 1.84. The predicted octanol–water partition coefficient (Wildman–Crippen LogP) is 2.40. The minimum absolute atomic E-state index is 0.115. The monoisotopic (exact) mass is 232 g/mol. The van der Waals surface area contributed by atoms with Gasteiger partial charge in [-0.2, -0.15) is 0 Å². The zero-order valence-electron chi connectivity index (χ0n) is 9.61. The van der Waals surface area contributed by atoms with Crippen molar-refractivity contribution in [2.24, 2.45) is 0 Å². The first kappa shape index (κ1) is 11.4. The third kappa shape index (κ3) is 1.82. The van der Waals surface area contributed by atoms with Crippen molar-refractivity contribution in [3.63, 3.8) is 0 Å². The fraction of sp³-hybridized carbons (Fsp3) is 0.231. The molecule has 0 amide bonds. The number of carbonyl (C=O) groups excluding carboxylic acids is 1. The van der Waals surface area contributed by atoms with Crippen LogP contribution in [0.25, 0.3) is 11.0 Å². The van der Waals surface area contributed by atoms with Crippen LogP contribution in [-0.2, 0) is 0 Å². The van der Waals surface area contributed by atoms with E-state index in [0.29, 0.717) is 23.0 Å². The lowest BCUT2D eigenvalue weighted by Crippen LogP contribution is -2.01. The highest BCUT2D eigenvalue weighted by Crippen LogP contribution is 2.31. The van der Waals surface area contributed by atoms with Gasteiger partial charge in [0.1, 0.15) is 11.3 Å². The summed E-state index contributed by atoms with van der Waals surface area (Å²) in [6.07, 6.45) is 0.314. The molecule has 0 aliphatic heterocycles. The van der Waals surface area contributed by atoms with Crippen LogP contribution in [0.4, 0.5) is 0 Å². The quantitative estimate of drug-likeness (QED) is 0.637. The molecule has 1 N–H and O–H groups in total. The Balaban J connectivity index is 2.84. The fourth-order valence-electron chi connectivity index (χ4n) is 1.84. The standard InChI is InChI=1S/C13H12O4/c1-3-9(14)8-4-5-10-12(13(8)16)7(2)6-11(15)17-10/h4-6,16H,3H2,1-2H3. The summed E-state index contributed by atoms with van der Waals surface area (Å²) in [5.74, 6) is -0.259. The molecule has 0 unspecified atom stereocenters. The average molecular weight is 232 g/mol. The second-order valence-electron chi connectivity index (χ2n) is 3.86. The Morgan fingerprint density at radius 3 is 2.76 bits per heavy atom. The van der Waals surface area contributed by atoms with Crippen LogP contribution < -0.4 is 5.63 Å². The van der Waals surface area contributed by atoms with E-state index >= 15 is 0 Å². The lowest BCUT2D eigenvalue weighted by molar-refractivity contribution is 0.0986. The van der Waals surface area contributed by atoms with Crippen molar-refractivity contribution < 1.29 is 14.3 Å². The van der Waals surface area contributed by atoms with Gasteiger partial charge in [0.2, 0.25) is 0 Å². The molecule has 0 radical (unpaired) electrons. The molecule has 1 aromatic heterocycles. The van der Waals surface area contributed by atoms with Crippen LogP contribution in [0, 0.1) is 6.92 Å². The van der Waals surface area contributed by atoms with Crippen molar-refractivity contribution in [1.29, 1.82) is 0 Å². The van der Waals surface area contributed by atoms with E-state index in [1.807, 2.05) is 0 Å². The summed E-state index contributed by atoms with van der Waals surface area (Å²) in [7, 11) is 0. The minimum atomic E-state index is -0.469. The molecule has 4 nitrogen and oxygen atoms in total. The lowest BCUT2D eigenvalue weighted by Gasteiger charge is -2.07. The summed E-state index contributed by atoms with van der Waals surface area (Å²) < 4.78 is 4.96. The number of rotatable bonds is 2. The van der Waals surface area contributed by atoms with E-state index in [1.54, 1.807) is 13.8 Å². The van der Waals surface area contributed by atoms with Gasteiger partial charge in [0.05, 0.1) is 10.9 Å². The lowest BCUT2D eigenvalue weighted by atomic mass is 10.0. The molecule has 17 heavy (non-hydrogen) atoms. The van der Waals surface area contributed by atoms with E-state index in [-0.39, 0.29) is 17.1 Å². The van der Waals surface area contributed by atoms with E-state index in [2.05, 4.69) is 0 Å². The van der Waals surface area contributed by atoms with Crippen LogP contribution >= 0.6 is 0 Å². The van der Waals surface area contributed by atoms with Crippen molar-refractivity contribution in [3.8, 4) is 5.75 Å². The summed E-state index contributed by atoms with van der Waals surface area (Å²) in [4.78, 5) is 22.8. The molecular formula is C13H12O4. The van der Waals surface area contributed by atoms with Crippen molar-refractivity contribution in [3.05, 3.63) is 39.7 Å². The van der Waals surface area contributed by atoms with E-state index in [4.69, 9.17) is 4.42 Å². The maximum atomic E-state index is 11.6. The molecular weight excluding hydrogens is 220 g/mol. The first-order valence-electron chi connectivity index (χ1n) is 5.34. The topological polar surface area (TPSA) is 67.5 Å². The number of aryl methyl sites for hydroxylation is 1. The van der Waals surface area contributed by atoms with Gasteiger partial charge in [0.25, 0.3) is 0 Å². The van der Waals surface area contributed by atoms with Gasteiger partial charge in [0, 0.05) is 12.5 Å². The molecule has 0 bridgehead atoms. The van der Waals surface area contributed by atoms with Crippen LogP contribution in [0.5, 0.6) is 5.75 Å². The number of benzene rings is 1. The maximum Gasteiger partial charge on any atom is 0.336 e. The van der Waals surface area contributed by atoms with Crippen LogP contribution in [0.2, 0.25) is 0 Å². The van der Waals surface area contributed by atoms with E-state index in [1.165, 1.54) is 18.2 Å². The number of ketones is 1. The second kappa shape index (κ2) is 4.05. The van der Waals surface area contributed by atoms with E-state index in [9.17, 15) is 14.7 Å². The molecule has 0 fully saturated rings. The molecule has 0 saturated carbocycles. The van der Waals surface area contributed by atoms with Crippen molar-refractivity contribution >= 4 is 16.8 Å². The molecule has 2 rings (SSSR count). The molecule has 1 aromatic carbocycles. The van der Waals surface area contributed by atoms with E-state index in [0.717, 1.165) is 0 Å². The van der Waals surface area contributed by atoms with Gasteiger partial charge in [-0.1, -0.05) is 6.92 Å². The van der Waals surface area contributed by atoms with Gasteiger partial charge in [-0.25, -0.2) is 4.79 Å². The van der Waals surface area contributed by atoms with Crippen LogP contribution in [0.3, 0.4) is 0 Å². The first-order chi connectivity index (χ1) is 8.04. The van der Waals surface area contributed by atoms with Crippen LogP contribution in [-0.4, -0.2) is 10.9 Å². The molecule has 1 heterocycles. The highest BCUT2D eigenvalue weighted by molar-refractivity contribution is 6.04. The van der Waals surface area contributed by atoms with Gasteiger partial charge in [0.15, 0.2) is 5.78 Å². The molecule has 0 aliphatic rings. The number of fused-ring (bicyclic) bond motifs is 1. The molecule has 4 heteroatoms. The summed E-state index contributed by atoms with van der Waals surface area (Å²) in [5.41, 5.74) is 0.681. The number of phenols is 1. The molecule has 0 aliphatic carbocycles. The summed E-state index contributed by atoms with van der Waals surface area (Å²) in [5, 5.41) is 10.5. The number of Topliss-reactive ketones (excluding diaryl/α,β-unsaturated/α-hetero) is 1. The van der Waals surface area contributed by atoms with E-state index < -0.39 is 5.63 Å². The number of phenolic OH excluding ortho intramolecular Hbond substituents is 1. The Hall–Kier alpha value is -2.10. The van der Waals surface area contributed by atoms with Gasteiger partial charge in [-0.05, 0) is 24.6 Å². The van der Waals surface area contributed by atoms with Gasteiger partial charge < -0.3 is 9.52 Å². The SMILES string of the molecule is CCC(=O)c1ccc2oc(=O)cc(C)c2c1O. The Kier molecular flexibility index (Phi) is 2.71. The average Bonchev–Trinajstić information content (AvgIpc) is 2.27. The van der Waals surface area contributed by atoms with Crippen molar-refractivity contribution in [2.45, 2.75) is 20.3 Å². The summed E-state index contributed by atoms with van der Waals surface area (Å²) >= 11 is 0. The minimum Gasteiger partial charge on any atom is -0.506 e. The second-order valence-corrected chi connectivity index (χ2v) is 3.86. The van der Waals surface area contributed by atoms with Gasteiger partial charge in [-0.15, -0.1) is 0 Å². The predicted molar refractivity (Wildman–Crippen MR) is 63.5 cm³/mol. The van der Waals surface area contributed by atoms with Gasteiger partial charge in [-0.3, -0.25) is 4.79 Å². The van der Waals surface area contributed by atoms with Crippen LogP contribution in [0.1, 0.15) is 29.3 Å². The summed E-state index contributed by atoms with van der Waals surface area (Å²) in [6, 6.07) is 4.31. The smallest absolute Gasteiger partial charge is 0.336 e.